The lowest BCUT2D eigenvalue weighted by atomic mass is 10.1. The lowest BCUT2D eigenvalue weighted by Crippen LogP contribution is -1.97. The first kappa shape index (κ1) is 21.3. The fourth-order valence-corrected chi connectivity index (χ4v) is 3.74. The number of allylic oxidation sites excluding steroid dienone is 1. The van der Waals surface area contributed by atoms with E-state index in [1.807, 2.05) is 54.7 Å². The summed E-state index contributed by atoms with van der Waals surface area (Å²) < 4.78 is 23.3. The highest BCUT2D eigenvalue weighted by molar-refractivity contribution is 6.07. The zero-order chi connectivity index (χ0) is 23.5. The van der Waals surface area contributed by atoms with E-state index in [0.29, 0.717) is 28.6 Å². The number of methoxy groups -OCH3 is 2. The lowest BCUT2D eigenvalue weighted by molar-refractivity contribution is 0.104. The van der Waals surface area contributed by atoms with Gasteiger partial charge in [0.2, 0.25) is 6.79 Å². The molecule has 0 spiro atoms. The summed E-state index contributed by atoms with van der Waals surface area (Å²) in [6, 6.07) is 20.6. The van der Waals surface area contributed by atoms with Gasteiger partial charge >= 0.3 is 0 Å². The summed E-state index contributed by atoms with van der Waals surface area (Å²) >= 11 is 0. The van der Waals surface area contributed by atoms with Crippen LogP contribution >= 0.6 is 0 Å². The van der Waals surface area contributed by atoms with Crippen LogP contribution in [0.4, 0.5) is 0 Å². The van der Waals surface area contributed by atoms with Crippen LogP contribution in [0.15, 0.2) is 79.0 Å². The van der Waals surface area contributed by atoms with E-state index in [0.717, 1.165) is 22.5 Å². The Morgan fingerprint density at radius 3 is 2.53 bits per heavy atom. The molecule has 170 valence electrons. The maximum absolute atomic E-state index is 12.9. The molecular formula is C27H22N2O5. The summed E-state index contributed by atoms with van der Waals surface area (Å²) in [6.07, 6.45) is 5.20. The van der Waals surface area contributed by atoms with Crippen molar-refractivity contribution in [3.05, 3.63) is 90.1 Å². The quantitative estimate of drug-likeness (QED) is 0.283. The first-order chi connectivity index (χ1) is 16.7. The smallest absolute Gasteiger partial charge is 0.231 e. The number of fused-ring (bicyclic) bond motifs is 1. The Kier molecular flexibility index (Phi) is 5.74. The monoisotopic (exact) mass is 454 g/mol. The Morgan fingerprint density at radius 2 is 1.74 bits per heavy atom. The van der Waals surface area contributed by atoms with Gasteiger partial charge in [0.05, 0.1) is 19.9 Å². The van der Waals surface area contributed by atoms with E-state index in [9.17, 15) is 4.79 Å². The van der Waals surface area contributed by atoms with Gasteiger partial charge in [0.25, 0.3) is 0 Å². The number of ether oxygens (including phenoxy) is 4. The number of hydrogen-bond donors (Lipinski definition) is 0. The first-order valence-electron chi connectivity index (χ1n) is 10.7. The van der Waals surface area contributed by atoms with Crippen LogP contribution in [0.3, 0.4) is 0 Å². The van der Waals surface area contributed by atoms with E-state index in [4.69, 9.17) is 24.0 Å². The van der Waals surface area contributed by atoms with Crippen LogP contribution in [0.2, 0.25) is 0 Å². The molecule has 0 saturated carbocycles. The molecule has 7 nitrogen and oxygen atoms in total. The number of nitrogens with zero attached hydrogens (tertiary/aromatic N) is 2. The number of aromatic nitrogens is 2. The predicted molar refractivity (Wildman–Crippen MR) is 128 cm³/mol. The molecule has 3 aromatic carbocycles. The van der Waals surface area contributed by atoms with Gasteiger partial charge in [-0.3, -0.25) is 4.79 Å². The molecule has 2 heterocycles. The average molecular weight is 454 g/mol. The van der Waals surface area contributed by atoms with Crippen molar-refractivity contribution in [2.75, 3.05) is 21.0 Å². The van der Waals surface area contributed by atoms with Crippen LogP contribution in [-0.4, -0.2) is 36.6 Å². The van der Waals surface area contributed by atoms with Gasteiger partial charge in [-0.1, -0.05) is 18.2 Å². The highest BCUT2D eigenvalue weighted by atomic mass is 16.7. The van der Waals surface area contributed by atoms with Crippen LogP contribution < -0.4 is 18.9 Å². The van der Waals surface area contributed by atoms with E-state index in [1.165, 1.54) is 13.2 Å². The Labute approximate surface area is 196 Å². The molecule has 4 aromatic rings. The number of carbonyl (C=O) groups is 1. The van der Waals surface area contributed by atoms with E-state index >= 15 is 0 Å². The van der Waals surface area contributed by atoms with Gasteiger partial charge < -0.3 is 18.9 Å². The van der Waals surface area contributed by atoms with Crippen molar-refractivity contribution in [2.45, 2.75) is 0 Å². The molecule has 1 aliphatic rings. The third-order valence-electron chi connectivity index (χ3n) is 5.49. The number of para-hydroxylation sites is 1. The maximum atomic E-state index is 12.9. The zero-order valence-corrected chi connectivity index (χ0v) is 18.7. The molecule has 0 radical (unpaired) electrons. The Bertz CT molecular complexity index is 1380. The third-order valence-corrected chi connectivity index (χ3v) is 5.49. The van der Waals surface area contributed by atoms with Crippen LogP contribution in [0.1, 0.15) is 15.9 Å². The molecule has 0 atom stereocenters. The van der Waals surface area contributed by atoms with Gasteiger partial charge in [0.1, 0.15) is 5.69 Å². The minimum absolute atomic E-state index is 0.162. The second-order valence-electron chi connectivity index (χ2n) is 7.55. The molecule has 0 bridgehead atoms. The molecule has 0 N–H and O–H groups in total. The normalized spacial score (nSPS) is 12.2. The molecule has 0 amide bonds. The highest BCUT2D eigenvalue weighted by Crippen LogP contribution is 2.37. The van der Waals surface area contributed by atoms with E-state index < -0.39 is 0 Å². The summed E-state index contributed by atoms with van der Waals surface area (Å²) in [5, 5.41) is 4.80. The summed E-state index contributed by atoms with van der Waals surface area (Å²) in [7, 11) is 3.10. The largest absolute Gasteiger partial charge is 0.493 e. The molecule has 1 aromatic heterocycles. The number of benzene rings is 3. The average Bonchev–Trinajstić information content (AvgIpc) is 3.54. The standard InChI is InChI=1S/C27H22N2O5/c1-31-23-12-9-18(14-25(23)32-2)22(30)11-8-20-16-29(21-6-4-3-5-7-21)28-27(20)19-10-13-24-26(15-19)34-17-33-24/h3-16H,17H2,1-2H3/b11-8+. The topological polar surface area (TPSA) is 71.8 Å². The molecule has 0 unspecified atom stereocenters. The van der Waals surface area contributed by atoms with Crippen molar-refractivity contribution >= 4 is 11.9 Å². The SMILES string of the molecule is COc1ccc(C(=O)/C=C/c2cn(-c3ccccc3)nc2-c2ccc3c(c2)OCO3)cc1OC. The molecule has 1 aliphatic heterocycles. The van der Waals surface area contributed by atoms with Gasteiger partial charge in [0, 0.05) is 22.9 Å². The third kappa shape index (κ3) is 4.11. The zero-order valence-electron chi connectivity index (χ0n) is 18.7. The van der Waals surface area contributed by atoms with Crippen LogP contribution in [-0.2, 0) is 0 Å². The Hall–Kier alpha value is -4.52. The van der Waals surface area contributed by atoms with Crippen LogP contribution in [0, 0.1) is 0 Å². The Morgan fingerprint density at radius 1 is 0.941 bits per heavy atom. The molecule has 7 heteroatoms. The second kappa shape index (κ2) is 9.15. The Balaban J connectivity index is 1.52. The van der Waals surface area contributed by atoms with Crippen molar-refractivity contribution in [3.63, 3.8) is 0 Å². The first-order valence-corrected chi connectivity index (χ1v) is 10.7. The molecule has 0 aliphatic carbocycles. The number of hydrogen-bond acceptors (Lipinski definition) is 6. The maximum Gasteiger partial charge on any atom is 0.231 e. The summed E-state index contributed by atoms with van der Waals surface area (Å²) in [5.74, 6) is 2.28. The molecule has 5 rings (SSSR count). The summed E-state index contributed by atoms with van der Waals surface area (Å²) in [4.78, 5) is 12.9. The summed E-state index contributed by atoms with van der Waals surface area (Å²) in [5.41, 5.74) is 3.77. The van der Waals surface area contributed by atoms with Gasteiger partial charge in [-0.2, -0.15) is 5.10 Å². The fraction of sp³-hybridized carbons (Fsp3) is 0.111. The minimum Gasteiger partial charge on any atom is -0.493 e. The van der Waals surface area contributed by atoms with Crippen molar-refractivity contribution < 1.29 is 23.7 Å². The number of rotatable bonds is 7. The predicted octanol–water partition coefficient (Wildman–Crippen LogP) is 5.18. The number of ketones is 1. The van der Waals surface area contributed by atoms with Gasteiger partial charge in [0.15, 0.2) is 28.8 Å². The number of carbonyl (C=O) groups excluding carboxylic acids is 1. The van der Waals surface area contributed by atoms with E-state index in [-0.39, 0.29) is 12.6 Å². The minimum atomic E-state index is -0.162. The van der Waals surface area contributed by atoms with Crippen molar-refractivity contribution in [2.24, 2.45) is 0 Å². The van der Waals surface area contributed by atoms with Gasteiger partial charge in [-0.25, -0.2) is 4.68 Å². The fourth-order valence-electron chi connectivity index (χ4n) is 3.74. The van der Waals surface area contributed by atoms with Crippen LogP contribution in [0.25, 0.3) is 23.0 Å². The van der Waals surface area contributed by atoms with Gasteiger partial charge in [-0.05, 0) is 60.7 Å². The van der Waals surface area contributed by atoms with Crippen molar-refractivity contribution in [1.29, 1.82) is 0 Å². The van der Waals surface area contributed by atoms with E-state index in [2.05, 4.69) is 0 Å². The van der Waals surface area contributed by atoms with Crippen molar-refractivity contribution in [3.8, 4) is 39.9 Å². The second-order valence-corrected chi connectivity index (χ2v) is 7.55. The molecule has 0 fully saturated rings. The lowest BCUT2D eigenvalue weighted by Gasteiger charge is -2.08. The van der Waals surface area contributed by atoms with Crippen molar-refractivity contribution in [1.82, 2.24) is 9.78 Å². The van der Waals surface area contributed by atoms with Crippen LogP contribution in [0.5, 0.6) is 23.0 Å². The summed E-state index contributed by atoms with van der Waals surface area (Å²) in [6.45, 7) is 0.198. The highest BCUT2D eigenvalue weighted by Gasteiger charge is 2.17. The molecule has 34 heavy (non-hydrogen) atoms. The molecule has 0 saturated heterocycles. The van der Waals surface area contributed by atoms with Gasteiger partial charge in [-0.15, -0.1) is 0 Å². The molecular weight excluding hydrogens is 432 g/mol. The van der Waals surface area contributed by atoms with E-state index in [1.54, 1.807) is 36.1 Å².